The van der Waals surface area contributed by atoms with E-state index < -0.39 is 0 Å². The lowest BCUT2D eigenvalue weighted by atomic mass is 9.89. The summed E-state index contributed by atoms with van der Waals surface area (Å²) in [5.74, 6) is 0.741. The highest BCUT2D eigenvalue weighted by molar-refractivity contribution is 5.88. The van der Waals surface area contributed by atoms with Crippen LogP contribution in [0.5, 0.6) is 0 Å². The van der Waals surface area contributed by atoms with E-state index in [4.69, 9.17) is 4.74 Å². The van der Waals surface area contributed by atoms with Crippen molar-refractivity contribution in [2.24, 2.45) is 11.3 Å². The molecule has 1 heterocycles. The second kappa shape index (κ2) is 4.84. The first-order valence-corrected chi connectivity index (χ1v) is 6.44. The second-order valence-electron chi connectivity index (χ2n) is 5.75. The summed E-state index contributed by atoms with van der Waals surface area (Å²) in [6.07, 6.45) is 3.23. The number of carbonyl (C=O) groups excluding carboxylic acids is 1. The van der Waals surface area contributed by atoms with Crippen molar-refractivity contribution in [1.29, 1.82) is 0 Å². The van der Waals surface area contributed by atoms with Crippen LogP contribution in [0.25, 0.3) is 0 Å². The van der Waals surface area contributed by atoms with Crippen LogP contribution in [-0.4, -0.2) is 43.5 Å². The lowest BCUT2D eigenvalue weighted by Gasteiger charge is -2.23. The zero-order valence-electron chi connectivity index (χ0n) is 10.5. The Hall–Kier alpha value is -0.410. The predicted molar refractivity (Wildman–Crippen MR) is 63.4 cm³/mol. The molecule has 0 bridgehead atoms. The van der Waals surface area contributed by atoms with E-state index in [1.54, 1.807) is 0 Å². The van der Waals surface area contributed by atoms with E-state index >= 15 is 0 Å². The Kier molecular flexibility index (Phi) is 3.65. The Labute approximate surface area is 98.1 Å². The van der Waals surface area contributed by atoms with E-state index in [0.29, 0.717) is 5.78 Å². The maximum atomic E-state index is 12.1. The molecule has 0 amide bonds. The molecule has 92 valence electrons. The summed E-state index contributed by atoms with van der Waals surface area (Å²) >= 11 is 0. The molecule has 1 unspecified atom stereocenters. The fraction of sp³-hybridized carbons (Fsp3) is 0.923. The molecule has 3 heteroatoms. The quantitative estimate of drug-likeness (QED) is 0.716. The van der Waals surface area contributed by atoms with Crippen molar-refractivity contribution in [3.05, 3.63) is 0 Å². The van der Waals surface area contributed by atoms with Gasteiger partial charge in [-0.25, -0.2) is 0 Å². The van der Waals surface area contributed by atoms with Gasteiger partial charge in [-0.3, -0.25) is 4.79 Å². The number of carbonyl (C=O) groups is 1. The van der Waals surface area contributed by atoms with Crippen LogP contribution in [0.4, 0.5) is 0 Å². The average molecular weight is 225 g/mol. The van der Waals surface area contributed by atoms with Crippen molar-refractivity contribution in [3.63, 3.8) is 0 Å². The zero-order chi connectivity index (χ0) is 11.6. The molecule has 0 radical (unpaired) electrons. The summed E-state index contributed by atoms with van der Waals surface area (Å²) in [6, 6.07) is 0. The SMILES string of the molecule is CC1(C)CCC(CN2CCCOCC2)C1=O. The lowest BCUT2D eigenvalue weighted by Crippen LogP contribution is -2.35. The van der Waals surface area contributed by atoms with E-state index in [2.05, 4.69) is 18.7 Å². The van der Waals surface area contributed by atoms with Crippen LogP contribution in [-0.2, 0) is 9.53 Å². The molecule has 0 aromatic carbocycles. The van der Waals surface area contributed by atoms with Gasteiger partial charge in [-0.2, -0.15) is 0 Å². The van der Waals surface area contributed by atoms with E-state index in [9.17, 15) is 4.79 Å². The topological polar surface area (TPSA) is 29.5 Å². The van der Waals surface area contributed by atoms with Crippen LogP contribution < -0.4 is 0 Å². The minimum atomic E-state index is -0.0764. The van der Waals surface area contributed by atoms with Crippen molar-refractivity contribution < 1.29 is 9.53 Å². The third-order valence-electron chi connectivity index (χ3n) is 3.95. The Morgan fingerprint density at radius 1 is 1.38 bits per heavy atom. The molecule has 1 atom stereocenters. The van der Waals surface area contributed by atoms with Gasteiger partial charge in [0.2, 0.25) is 0 Å². The summed E-state index contributed by atoms with van der Waals surface area (Å²) < 4.78 is 5.43. The molecule has 0 aromatic heterocycles. The van der Waals surface area contributed by atoms with Gasteiger partial charge >= 0.3 is 0 Å². The zero-order valence-corrected chi connectivity index (χ0v) is 10.5. The van der Waals surface area contributed by atoms with Crippen LogP contribution >= 0.6 is 0 Å². The fourth-order valence-corrected chi connectivity index (χ4v) is 2.81. The molecule has 2 fully saturated rings. The molecule has 2 rings (SSSR count). The minimum Gasteiger partial charge on any atom is -0.380 e. The van der Waals surface area contributed by atoms with E-state index in [1.807, 2.05) is 0 Å². The third kappa shape index (κ3) is 2.64. The number of Topliss-reactive ketones (excluding diaryl/α,β-unsaturated/α-hetero) is 1. The van der Waals surface area contributed by atoms with E-state index in [1.165, 1.54) is 0 Å². The van der Waals surface area contributed by atoms with Gasteiger partial charge in [-0.05, 0) is 19.3 Å². The molecular formula is C13H23NO2. The first-order chi connectivity index (χ1) is 7.59. The second-order valence-corrected chi connectivity index (χ2v) is 5.75. The Morgan fingerprint density at radius 2 is 2.19 bits per heavy atom. The maximum Gasteiger partial charge on any atom is 0.142 e. The van der Waals surface area contributed by atoms with Gasteiger partial charge in [-0.1, -0.05) is 13.8 Å². The molecule has 1 aliphatic carbocycles. The van der Waals surface area contributed by atoms with Gasteiger partial charge in [-0.15, -0.1) is 0 Å². The van der Waals surface area contributed by atoms with Gasteiger partial charge < -0.3 is 9.64 Å². The molecule has 1 aliphatic heterocycles. The van der Waals surface area contributed by atoms with Gasteiger partial charge in [0.15, 0.2) is 0 Å². The molecule has 2 aliphatic rings. The van der Waals surface area contributed by atoms with Crippen molar-refractivity contribution in [2.75, 3.05) is 32.8 Å². The Balaban J connectivity index is 1.87. The Morgan fingerprint density at radius 3 is 2.88 bits per heavy atom. The van der Waals surface area contributed by atoms with Crippen molar-refractivity contribution >= 4 is 5.78 Å². The highest BCUT2D eigenvalue weighted by Gasteiger charge is 2.40. The summed E-state index contributed by atoms with van der Waals surface area (Å²) in [4.78, 5) is 14.5. The van der Waals surface area contributed by atoms with Crippen LogP contribution in [0.1, 0.15) is 33.1 Å². The van der Waals surface area contributed by atoms with E-state index in [-0.39, 0.29) is 11.3 Å². The normalized spacial score (nSPS) is 31.6. The van der Waals surface area contributed by atoms with Crippen molar-refractivity contribution in [1.82, 2.24) is 4.90 Å². The minimum absolute atomic E-state index is 0.0764. The summed E-state index contributed by atoms with van der Waals surface area (Å²) in [5.41, 5.74) is -0.0764. The Bertz CT molecular complexity index is 255. The monoisotopic (exact) mass is 225 g/mol. The molecule has 3 nitrogen and oxygen atoms in total. The number of hydrogen-bond acceptors (Lipinski definition) is 3. The first kappa shape index (κ1) is 12.1. The highest BCUT2D eigenvalue weighted by Crippen LogP contribution is 2.37. The van der Waals surface area contributed by atoms with Crippen LogP contribution in [0, 0.1) is 11.3 Å². The molecule has 1 saturated carbocycles. The average Bonchev–Trinajstić information content (AvgIpc) is 2.50. The van der Waals surface area contributed by atoms with Gasteiger partial charge in [0.05, 0.1) is 6.61 Å². The van der Waals surface area contributed by atoms with Gasteiger partial charge in [0.25, 0.3) is 0 Å². The number of nitrogens with zero attached hydrogens (tertiary/aromatic N) is 1. The third-order valence-corrected chi connectivity index (χ3v) is 3.95. The molecule has 0 spiro atoms. The largest absolute Gasteiger partial charge is 0.380 e. The fourth-order valence-electron chi connectivity index (χ4n) is 2.81. The number of hydrogen-bond donors (Lipinski definition) is 0. The highest BCUT2D eigenvalue weighted by atomic mass is 16.5. The molecule has 0 aromatic rings. The lowest BCUT2D eigenvalue weighted by molar-refractivity contribution is -0.127. The first-order valence-electron chi connectivity index (χ1n) is 6.44. The van der Waals surface area contributed by atoms with Crippen LogP contribution in [0.2, 0.25) is 0 Å². The number of ketones is 1. The van der Waals surface area contributed by atoms with Crippen molar-refractivity contribution in [3.8, 4) is 0 Å². The summed E-state index contributed by atoms with van der Waals surface area (Å²) in [7, 11) is 0. The van der Waals surface area contributed by atoms with Crippen molar-refractivity contribution in [2.45, 2.75) is 33.1 Å². The summed E-state index contributed by atoms with van der Waals surface area (Å²) in [5, 5.41) is 0. The molecule has 0 N–H and O–H groups in total. The summed E-state index contributed by atoms with van der Waals surface area (Å²) in [6.45, 7) is 8.90. The number of rotatable bonds is 2. The molecule has 1 saturated heterocycles. The maximum absolute atomic E-state index is 12.1. The van der Waals surface area contributed by atoms with Gasteiger partial charge in [0, 0.05) is 37.6 Å². The molecular weight excluding hydrogens is 202 g/mol. The molecule has 16 heavy (non-hydrogen) atoms. The predicted octanol–water partition coefficient (Wildman–Crippen LogP) is 1.71. The van der Waals surface area contributed by atoms with Crippen LogP contribution in [0.15, 0.2) is 0 Å². The standard InChI is InChI=1S/C13H23NO2/c1-13(2)5-4-11(12(13)15)10-14-6-3-8-16-9-7-14/h11H,3-10H2,1-2H3. The van der Waals surface area contributed by atoms with E-state index in [0.717, 1.165) is 52.1 Å². The smallest absolute Gasteiger partial charge is 0.142 e. The number of ether oxygens (including phenoxy) is 1. The van der Waals surface area contributed by atoms with Crippen LogP contribution in [0.3, 0.4) is 0 Å². The van der Waals surface area contributed by atoms with Gasteiger partial charge in [0.1, 0.15) is 5.78 Å².